The van der Waals surface area contributed by atoms with Crippen molar-refractivity contribution < 1.29 is 0 Å². The zero-order chi connectivity index (χ0) is 14.2. The summed E-state index contributed by atoms with van der Waals surface area (Å²) in [5.74, 6) is 0. The molecular weight excluding hydrogens is 308 g/mol. The highest BCUT2D eigenvalue weighted by Gasteiger charge is 2.05. The third kappa shape index (κ3) is 4.49. The van der Waals surface area contributed by atoms with Gasteiger partial charge in [-0.3, -0.25) is 0 Å². The van der Waals surface area contributed by atoms with Crippen LogP contribution in [0.3, 0.4) is 0 Å². The molecule has 2 aromatic rings. The lowest BCUT2D eigenvalue weighted by molar-refractivity contribution is 0.632. The lowest BCUT2D eigenvalue weighted by Gasteiger charge is -2.10. The Bertz CT molecular complexity index is 517. The summed E-state index contributed by atoms with van der Waals surface area (Å²) >= 11 is 3.60. The minimum Gasteiger partial charge on any atom is -0.0654 e. The Morgan fingerprint density at radius 2 is 1.60 bits per heavy atom. The first-order valence-corrected chi connectivity index (χ1v) is 8.44. The Labute approximate surface area is 131 Å². The van der Waals surface area contributed by atoms with Crippen molar-refractivity contribution in [3.8, 4) is 11.1 Å². The highest BCUT2D eigenvalue weighted by Crippen LogP contribution is 2.28. The fourth-order valence-electron chi connectivity index (χ4n) is 2.59. The summed E-state index contributed by atoms with van der Waals surface area (Å²) in [6.45, 7) is 2.27. The number of benzene rings is 2. The van der Waals surface area contributed by atoms with Gasteiger partial charge in [0.25, 0.3) is 0 Å². The molecule has 1 heteroatoms. The van der Waals surface area contributed by atoms with Crippen LogP contribution < -0.4 is 0 Å². The third-order valence-electron chi connectivity index (χ3n) is 3.70. The molecule has 0 saturated heterocycles. The van der Waals surface area contributed by atoms with Gasteiger partial charge in [-0.15, -0.1) is 0 Å². The number of hydrogen-bond donors (Lipinski definition) is 0. The summed E-state index contributed by atoms with van der Waals surface area (Å²) in [7, 11) is 0. The minimum atomic E-state index is 1.17. The first-order chi connectivity index (χ1) is 9.81. The Morgan fingerprint density at radius 3 is 2.35 bits per heavy atom. The van der Waals surface area contributed by atoms with Crippen LogP contribution in [0, 0.1) is 0 Å². The van der Waals surface area contributed by atoms with Gasteiger partial charge in [0.05, 0.1) is 0 Å². The third-order valence-corrected chi connectivity index (χ3v) is 4.20. The summed E-state index contributed by atoms with van der Waals surface area (Å²) in [6, 6.07) is 17.4. The molecule has 0 spiro atoms. The van der Waals surface area contributed by atoms with Crippen LogP contribution in [0.15, 0.2) is 53.0 Å². The molecule has 0 aliphatic carbocycles. The maximum Gasteiger partial charge on any atom is 0.0178 e. The van der Waals surface area contributed by atoms with E-state index in [2.05, 4.69) is 71.4 Å². The average molecular weight is 331 g/mol. The van der Waals surface area contributed by atoms with Gasteiger partial charge in [0.1, 0.15) is 0 Å². The van der Waals surface area contributed by atoms with Crippen molar-refractivity contribution in [1.29, 1.82) is 0 Å². The van der Waals surface area contributed by atoms with E-state index in [9.17, 15) is 0 Å². The van der Waals surface area contributed by atoms with Crippen LogP contribution in [0.25, 0.3) is 11.1 Å². The van der Waals surface area contributed by atoms with Crippen molar-refractivity contribution in [3.05, 3.63) is 58.6 Å². The Hall–Kier alpha value is -1.08. The molecule has 2 rings (SSSR count). The fourth-order valence-corrected chi connectivity index (χ4v) is 3.00. The van der Waals surface area contributed by atoms with Crippen LogP contribution in [0.2, 0.25) is 0 Å². The zero-order valence-electron chi connectivity index (χ0n) is 12.2. The molecule has 0 amide bonds. The highest BCUT2D eigenvalue weighted by atomic mass is 79.9. The predicted molar refractivity (Wildman–Crippen MR) is 92.0 cm³/mol. The van der Waals surface area contributed by atoms with E-state index < -0.39 is 0 Å². The van der Waals surface area contributed by atoms with Gasteiger partial charge in [-0.25, -0.2) is 0 Å². The predicted octanol–water partition coefficient (Wildman–Crippen LogP) is 6.63. The standard InChI is InChI=1S/C19H23Br/c1-2-3-4-5-7-12-17-15-18(20)13-14-19(17)16-10-8-6-9-11-16/h6,8-11,13-15H,2-5,7,12H2,1H3. The average Bonchev–Trinajstić information content (AvgIpc) is 2.48. The van der Waals surface area contributed by atoms with Crippen LogP contribution in [0.4, 0.5) is 0 Å². The van der Waals surface area contributed by atoms with E-state index in [1.54, 1.807) is 0 Å². The molecule has 0 heterocycles. The van der Waals surface area contributed by atoms with Gasteiger partial charge in [0.2, 0.25) is 0 Å². The zero-order valence-corrected chi connectivity index (χ0v) is 13.8. The first kappa shape index (κ1) is 15.3. The van der Waals surface area contributed by atoms with Gasteiger partial charge in [0, 0.05) is 4.47 Å². The van der Waals surface area contributed by atoms with E-state index in [4.69, 9.17) is 0 Å². The Kier molecular flexibility index (Phi) is 6.32. The monoisotopic (exact) mass is 330 g/mol. The van der Waals surface area contributed by atoms with Crippen molar-refractivity contribution in [3.63, 3.8) is 0 Å². The summed E-state index contributed by atoms with van der Waals surface area (Å²) in [5.41, 5.74) is 4.16. The van der Waals surface area contributed by atoms with Gasteiger partial charge in [0.15, 0.2) is 0 Å². The fraction of sp³-hybridized carbons (Fsp3) is 0.368. The maximum absolute atomic E-state index is 3.60. The smallest absolute Gasteiger partial charge is 0.0178 e. The van der Waals surface area contributed by atoms with Crippen molar-refractivity contribution in [2.24, 2.45) is 0 Å². The molecule has 0 atom stereocenters. The summed E-state index contributed by atoms with van der Waals surface area (Å²) in [4.78, 5) is 0. The molecule has 0 fully saturated rings. The number of halogens is 1. The molecule has 0 aliphatic heterocycles. The van der Waals surface area contributed by atoms with Crippen molar-refractivity contribution in [1.82, 2.24) is 0 Å². The Morgan fingerprint density at radius 1 is 0.850 bits per heavy atom. The van der Waals surface area contributed by atoms with Crippen molar-refractivity contribution >= 4 is 15.9 Å². The van der Waals surface area contributed by atoms with Crippen LogP contribution in [-0.2, 0) is 6.42 Å². The topological polar surface area (TPSA) is 0 Å². The quantitative estimate of drug-likeness (QED) is 0.500. The van der Waals surface area contributed by atoms with E-state index in [1.807, 2.05) is 0 Å². The van der Waals surface area contributed by atoms with Crippen molar-refractivity contribution in [2.45, 2.75) is 45.4 Å². The molecule has 0 N–H and O–H groups in total. The first-order valence-electron chi connectivity index (χ1n) is 7.65. The van der Waals surface area contributed by atoms with E-state index in [-0.39, 0.29) is 0 Å². The van der Waals surface area contributed by atoms with Gasteiger partial charge >= 0.3 is 0 Å². The summed E-state index contributed by atoms with van der Waals surface area (Å²) < 4.78 is 1.18. The highest BCUT2D eigenvalue weighted by molar-refractivity contribution is 9.10. The normalized spacial score (nSPS) is 10.7. The minimum absolute atomic E-state index is 1.17. The van der Waals surface area contributed by atoms with E-state index in [1.165, 1.54) is 59.7 Å². The Balaban J connectivity index is 2.09. The SMILES string of the molecule is CCCCCCCc1cc(Br)ccc1-c1ccccc1. The molecule has 0 unspecified atom stereocenters. The van der Waals surface area contributed by atoms with Crippen LogP contribution in [0.1, 0.15) is 44.6 Å². The summed E-state index contributed by atoms with van der Waals surface area (Å²) in [6.07, 6.45) is 7.85. The molecule has 0 saturated carbocycles. The second kappa shape index (κ2) is 8.26. The van der Waals surface area contributed by atoms with E-state index in [0.717, 1.165) is 0 Å². The van der Waals surface area contributed by atoms with Crippen LogP contribution in [-0.4, -0.2) is 0 Å². The molecule has 20 heavy (non-hydrogen) atoms. The van der Waals surface area contributed by atoms with Crippen LogP contribution >= 0.6 is 15.9 Å². The molecule has 0 radical (unpaired) electrons. The van der Waals surface area contributed by atoms with E-state index in [0.29, 0.717) is 0 Å². The molecular formula is C19H23Br. The number of hydrogen-bond acceptors (Lipinski definition) is 0. The second-order valence-corrected chi connectivity index (χ2v) is 6.25. The maximum atomic E-state index is 3.60. The second-order valence-electron chi connectivity index (χ2n) is 5.33. The molecule has 106 valence electrons. The number of unbranched alkanes of at least 4 members (excludes halogenated alkanes) is 4. The van der Waals surface area contributed by atoms with Crippen molar-refractivity contribution in [2.75, 3.05) is 0 Å². The molecule has 0 nitrogen and oxygen atoms in total. The van der Waals surface area contributed by atoms with Gasteiger partial charge in [-0.2, -0.15) is 0 Å². The molecule has 2 aromatic carbocycles. The van der Waals surface area contributed by atoms with Crippen LogP contribution in [0.5, 0.6) is 0 Å². The molecule has 0 aromatic heterocycles. The number of aryl methyl sites for hydroxylation is 1. The number of rotatable bonds is 7. The van der Waals surface area contributed by atoms with Gasteiger partial charge in [-0.1, -0.05) is 84.9 Å². The lowest BCUT2D eigenvalue weighted by Crippen LogP contribution is -1.91. The molecule has 0 aliphatic rings. The lowest BCUT2D eigenvalue weighted by atomic mass is 9.96. The molecule has 0 bridgehead atoms. The van der Waals surface area contributed by atoms with E-state index >= 15 is 0 Å². The van der Waals surface area contributed by atoms with Gasteiger partial charge < -0.3 is 0 Å². The van der Waals surface area contributed by atoms with Gasteiger partial charge in [-0.05, 0) is 41.7 Å². The summed E-state index contributed by atoms with van der Waals surface area (Å²) in [5, 5.41) is 0. The largest absolute Gasteiger partial charge is 0.0654 e.